The maximum absolute atomic E-state index is 13.8. The quantitative estimate of drug-likeness (QED) is 0.254. The highest BCUT2D eigenvalue weighted by molar-refractivity contribution is 7.98. The highest BCUT2D eigenvalue weighted by Crippen LogP contribution is 2.37. The van der Waals surface area contributed by atoms with E-state index in [0.29, 0.717) is 17.3 Å². The summed E-state index contributed by atoms with van der Waals surface area (Å²) in [6.45, 7) is 2.00. The molecule has 0 saturated heterocycles. The van der Waals surface area contributed by atoms with Gasteiger partial charge in [-0.25, -0.2) is 8.42 Å². The zero-order valence-electron chi connectivity index (χ0n) is 22.4. The monoisotopic (exact) mass is 592 g/mol. The van der Waals surface area contributed by atoms with Gasteiger partial charge in [-0.1, -0.05) is 41.4 Å². The van der Waals surface area contributed by atoms with Gasteiger partial charge in [0.2, 0.25) is 5.91 Å². The Morgan fingerprint density at radius 3 is 2.26 bits per heavy atom. The average molecular weight is 593 g/mol. The number of aryl methyl sites for hydroxylation is 1. The van der Waals surface area contributed by atoms with E-state index in [1.54, 1.807) is 23.9 Å². The van der Waals surface area contributed by atoms with Crippen molar-refractivity contribution in [3.05, 3.63) is 76.8 Å². The van der Waals surface area contributed by atoms with E-state index in [1.807, 2.05) is 0 Å². The molecule has 210 valence electrons. The molecule has 0 saturated carbocycles. The van der Waals surface area contributed by atoms with Gasteiger partial charge in [-0.05, 0) is 55.0 Å². The van der Waals surface area contributed by atoms with Gasteiger partial charge in [0.05, 0.1) is 31.9 Å². The maximum atomic E-state index is 13.8. The van der Waals surface area contributed by atoms with Gasteiger partial charge in [-0.3, -0.25) is 9.10 Å². The molecule has 1 N–H and O–H groups in total. The molecule has 11 heteroatoms. The molecular formula is C28H33ClN2O6S2. The third kappa shape index (κ3) is 8.20. The van der Waals surface area contributed by atoms with Crippen molar-refractivity contribution in [2.24, 2.45) is 0 Å². The van der Waals surface area contributed by atoms with Gasteiger partial charge >= 0.3 is 0 Å². The van der Waals surface area contributed by atoms with Crippen LogP contribution in [0.2, 0.25) is 5.02 Å². The minimum Gasteiger partial charge on any atom is -0.495 e. The number of anilines is 1. The average Bonchev–Trinajstić information content (AvgIpc) is 2.94. The van der Waals surface area contributed by atoms with E-state index in [0.717, 1.165) is 22.2 Å². The Hall–Kier alpha value is -3.08. The number of nitrogens with zero attached hydrogens (tertiary/aromatic N) is 1. The normalized spacial score (nSPS) is 11.1. The second-order valence-electron chi connectivity index (χ2n) is 8.59. The van der Waals surface area contributed by atoms with Gasteiger partial charge in [0, 0.05) is 23.4 Å². The van der Waals surface area contributed by atoms with Crippen molar-refractivity contribution in [2.45, 2.75) is 24.0 Å². The molecule has 0 unspecified atom stereocenters. The first-order valence-corrected chi connectivity index (χ1v) is 15.1. The minimum absolute atomic E-state index is 0.0810. The molecule has 1 amide bonds. The second kappa shape index (κ2) is 14.3. The first-order valence-electron chi connectivity index (χ1n) is 12.2. The molecule has 3 rings (SSSR count). The molecule has 0 bridgehead atoms. The number of carbonyl (C=O) groups is 1. The summed E-state index contributed by atoms with van der Waals surface area (Å²) < 4.78 is 44.6. The number of amides is 1. The summed E-state index contributed by atoms with van der Waals surface area (Å²) in [6.07, 6.45) is 0.741. The van der Waals surface area contributed by atoms with Crippen LogP contribution in [0.1, 0.15) is 17.5 Å². The third-order valence-corrected chi connectivity index (χ3v) is 8.92. The minimum atomic E-state index is -4.23. The number of thioether (sulfide) groups is 1. The van der Waals surface area contributed by atoms with Crippen molar-refractivity contribution in [1.82, 2.24) is 5.32 Å². The van der Waals surface area contributed by atoms with Crippen molar-refractivity contribution in [1.29, 1.82) is 0 Å². The number of nitrogens with one attached hydrogen (secondary N) is 1. The predicted octanol–water partition coefficient (Wildman–Crippen LogP) is 5.31. The van der Waals surface area contributed by atoms with E-state index in [9.17, 15) is 13.2 Å². The first kappa shape index (κ1) is 30.5. The number of sulfonamides is 1. The number of halogens is 1. The third-order valence-electron chi connectivity index (χ3n) is 5.82. The van der Waals surface area contributed by atoms with Crippen molar-refractivity contribution in [2.75, 3.05) is 44.5 Å². The molecule has 0 atom stereocenters. The molecule has 0 heterocycles. The summed E-state index contributed by atoms with van der Waals surface area (Å²) in [6, 6.07) is 17.2. The Balaban J connectivity index is 1.73. The van der Waals surface area contributed by atoms with Crippen LogP contribution < -0.4 is 23.8 Å². The fraction of sp³-hybridized carbons (Fsp3) is 0.321. The smallest absolute Gasteiger partial charge is 0.265 e. The van der Waals surface area contributed by atoms with Gasteiger partial charge < -0.3 is 19.5 Å². The van der Waals surface area contributed by atoms with Crippen LogP contribution in [-0.2, 0) is 20.6 Å². The molecule has 0 spiro atoms. The summed E-state index contributed by atoms with van der Waals surface area (Å²) in [5.74, 6) is 2.16. The molecule has 0 aliphatic heterocycles. The second-order valence-corrected chi connectivity index (χ2v) is 12.0. The number of ether oxygens (including phenoxy) is 3. The van der Waals surface area contributed by atoms with Crippen LogP contribution in [0, 0.1) is 6.92 Å². The molecule has 0 aliphatic rings. The Kier molecular flexibility index (Phi) is 11.2. The van der Waals surface area contributed by atoms with Crippen molar-refractivity contribution in [3.8, 4) is 17.2 Å². The summed E-state index contributed by atoms with van der Waals surface area (Å²) in [7, 11) is 0.0581. The van der Waals surface area contributed by atoms with E-state index < -0.39 is 22.5 Å². The van der Waals surface area contributed by atoms with Crippen molar-refractivity contribution >= 4 is 45.0 Å². The van der Waals surface area contributed by atoms with E-state index in [1.165, 1.54) is 56.7 Å². The Bertz CT molecular complexity index is 1370. The number of benzene rings is 3. The Labute approximate surface area is 239 Å². The van der Waals surface area contributed by atoms with Crippen LogP contribution >= 0.6 is 23.4 Å². The zero-order chi connectivity index (χ0) is 28.4. The molecule has 0 radical (unpaired) electrons. The summed E-state index contributed by atoms with van der Waals surface area (Å²) in [5.41, 5.74) is 2.62. The number of hydrogen-bond donors (Lipinski definition) is 1. The van der Waals surface area contributed by atoms with Gasteiger partial charge in [0.1, 0.15) is 12.3 Å². The standard InChI is InChI=1S/C28H33ClN2O6S2/c1-20-6-8-21(9-7-20)19-38-15-5-14-30-28(32)18-31(24-16-22(29)10-12-25(24)35-2)39(33,34)23-11-13-26(36-3)27(17-23)37-4/h6-13,16-17H,5,14-15,18-19H2,1-4H3,(H,30,32). The lowest BCUT2D eigenvalue weighted by Crippen LogP contribution is -2.41. The number of hydrogen-bond acceptors (Lipinski definition) is 7. The van der Waals surface area contributed by atoms with Gasteiger partial charge in [-0.2, -0.15) is 11.8 Å². The van der Waals surface area contributed by atoms with Crippen LogP contribution in [0.5, 0.6) is 17.2 Å². The maximum Gasteiger partial charge on any atom is 0.265 e. The molecule has 0 fully saturated rings. The molecular weight excluding hydrogens is 560 g/mol. The molecule has 39 heavy (non-hydrogen) atoms. The molecule has 0 aromatic heterocycles. The lowest BCUT2D eigenvalue weighted by molar-refractivity contribution is -0.119. The van der Waals surface area contributed by atoms with E-state index in [2.05, 4.69) is 36.5 Å². The highest BCUT2D eigenvalue weighted by Gasteiger charge is 2.30. The zero-order valence-corrected chi connectivity index (χ0v) is 24.8. The van der Waals surface area contributed by atoms with Crippen LogP contribution in [0.15, 0.2) is 65.6 Å². The van der Waals surface area contributed by atoms with E-state index in [-0.39, 0.29) is 22.1 Å². The fourth-order valence-electron chi connectivity index (χ4n) is 3.72. The van der Waals surface area contributed by atoms with Crippen LogP contribution in [-0.4, -0.2) is 54.5 Å². The van der Waals surface area contributed by atoms with Gasteiger partial charge in [0.15, 0.2) is 11.5 Å². The van der Waals surface area contributed by atoms with Gasteiger partial charge in [0.25, 0.3) is 10.0 Å². The van der Waals surface area contributed by atoms with Crippen LogP contribution in [0.4, 0.5) is 5.69 Å². The van der Waals surface area contributed by atoms with E-state index in [4.69, 9.17) is 25.8 Å². The summed E-state index contributed by atoms with van der Waals surface area (Å²) in [5, 5.41) is 3.12. The SMILES string of the molecule is COc1ccc(S(=O)(=O)N(CC(=O)NCCCSCc2ccc(C)cc2)c2cc(Cl)ccc2OC)cc1OC. The highest BCUT2D eigenvalue weighted by atomic mass is 35.5. The molecule has 3 aromatic rings. The molecule has 3 aromatic carbocycles. The topological polar surface area (TPSA) is 94.2 Å². The van der Waals surface area contributed by atoms with Gasteiger partial charge in [-0.15, -0.1) is 0 Å². The summed E-state index contributed by atoms with van der Waals surface area (Å²) >= 11 is 7.98. The largest absolute Gasteiger partial charge is 0.495 e. The predicted molar refractivity (Wildman–Crippen MR) is 157 cm³/mol. The van der Waals surface area contributed by atoms with Crippen LogP contribution in [0.25, 0.3) is 0 Å². The fourth-order valence-corrected chi connectivity index (χ4v) is 6.25. The lowest BCUT2D eigenvalue weighted by Gasteiger charge is -2.26. The Morgan fingerprint density at radius 2 is 1.59 bits per heavy atom. The van der Waals surface area contributed by atoms with Crippen molar-refractivity contribution in [3.63, 3.8) is 0 Å². The number of methoxy groups -OCH3 is 3. The number of carbonyl (C=O) groups excluding carboxylic acids is 1. The summed E-state index contributed by atoms with van der Waals surface area (Å²) in [4.78, 5) is 12.9. The first-order chi connectivity index (χ1) is 18.7. The van der Waals surface area contributed by atoms with E-state index >= 15 is 0 Å². The number of rotatable bonds is 14. The van der Waals surface area contributed by atoms with Crippen LogP contribution in [0.3, 0.4) is 0 Å². The lowest BCUT2D eigenvalue weighted by atomic mass is 10.2. The molecule has 8 nitrogen and oxygen atoms in total. The molecule has 0 aliphatic carbocycles. The van der Waals surface area contributed by atoms with Crippen molar-refractivity contribution < 1.29 is 27.4 Å². The Morgan fingerprint density at radius 1 is 0.923 bits per heavy atom.